The van der Waals surface area contributed by atoms with Crippen LogP contribution in [0.25, 0.3) is 0 Å². The second-order valence-corrected chi connectivity index (χ2v) is 4.46. The second-order valence-electron chi connectivity index (χ2n) is 4.46. The summed E-state index contributed by atoms with van der Waals surface area (Å²) in [5, 5.41) is 13.3. The van der Waals surface area contributed by atoms with Crippen LogP contribution in [0.3, 0.4) is 0 Å². The Bertz CT molecular complexity index is 537. The minimum atomic E-state index is -1.15. The number of ether oxygens (including phenoxy) is 2. The molecule has 0 heterocycles. The molecule has 8 heteroatoms. The molecule has 0 amide bonds. The van der Waals surface area contributed by atoms with Crippen molar-refractivity contribution in [2.75, 3.05) is 20.3 Å². The van der Waals surface area contributed by atoms with Crippen molar-refractivity contribution in [3.05, 3.63) is 34.1 Å². The SMILES string of the molecule is CCOC(=O)C(C)(COc1ccc([N+](=O)[O-])cc1F)NC. The van der Waals surface area contributed by atoms with Gasteiger partial charge < -0.3 is 14.8 Å². The van der Waals surface area contributed by atoms with Gasteiger partial charge in [0, 0.05) is 6.07 Å². The largest absolute Gasteiger partial charge is 0.488 e. The van der Waals surface area contributed by atoms with E-state index >= 15 is 0 Å². The molecule has 0 bridgehead atoms. The maximum Gasteiger partial charge on any atom is 0.329 e. The molecule has 0 aromatic heterocycles. The zero-order chi connectivity index (χ0) is 16.0. The van der Waals surface area contributed by atoms with Crippen molar-refractivity contribution < 1.29 is 23.6 Å². The summed E-state index contributed by atoms with van der Waals surface area (Å²) in [4.78, 5) is 21.6. The standard InChI is InChI=1S/C13H17FN2O5/c1-4-20-12(17)13(2,15-3)8-21-11-6-5-9(16(18)19)7-10(11)14/h5-7,15H,4,8H2,1-3H3. The highest BCUT2D eigenvalue weighted by Crippen LogP contribution is 2.23. The number of hydrogen-bond acceptors (Lipinski definition) is 6. The molecule has 0 fully saturated rings. The number of rotatable bonds is 7. The van der Waals surface area contributed by atoms with Crippen LogP contribution >= 0.6 is 0 Å². The summed E-state index contributed by atoms with van der Waals surface area (Å²) in [6, 6.07) is 3.03. The van der Waals surface area contributed by atoms with Crippen LogP contribution in [0.5, 0.6) is 5.75 Å². The van der Waals surface area contributed by atoms with Crippen molar-refractivity contribution in [2.24, 2.45) is 0 Å². The number of carbonyl (C=O) groups is 1. The maximum atomic E-state index is 13.7. The predicted molar refractivity (Wildman–Crippen MR) is 72.6 cm³/mol. The highest BCUT2D eigenvalue weighted by Gasteiger charge is 2.34. The molecule has 21 heavy (non-hydrogen) atoms. The first-order valence-electron chi connectivity index (χ1n) is 6.27. The lowest BCUT2D eigenvalue weighted by Crippen LogP contribution is -2.53. The number of halogens is 1. The Balaban J connectivity index is 2.82. The van der Waals surface area contributed by atoms with Gasteiger partial charge in [0.1, 0.15) is 12.1 Å². The van der Waals surface area contributed by atoms with Crippen LogP contribution in [0, 0.1) is 15.9 Å². The lowest BCUT2D eigenvalue weighted by molar-refractivity contribution is -0.385. The Kier molecular flexibility index (Phi) is 5.60. The molecule has 0 saturated carbocycles. The smallest absolute Gasteiger partial charge is 0.329 e. The van der Waals surface area contributed by atoms with E-state index in [9.17, 15) is 19.3 Å². The van der Waals surface area contributed by atoms with E-state index in [0.29, 0.717) is 0 Å². The van der Waals surface area contributed by atoms with Gasteiger partial charge in [-0.05, 0) is 27.0 Å². The number of benzene rings is 1. The topological polar surface area (TPSA) is 90.7 Å². The molecule has 0 aliphatic carbocycles. The molecule has 0 spiro atoms. The average molecular weight is 300 g/mol. The molecule has 0 radical (unpaired) electrons. The van der Waals surface area contributed by atoms with Gasteiger partial charge in [0.25, 0.3) is 5.69 Å². The Morgan fingerprint density at radius 1 is 1.52 bits per heavy atom. The number of esters is 1. The number of carbonyl (C=O) groups excluding carboxylic acids is 1. The molecular formula is C13H17FN2O5. The third-order valence-corrected chi connectivity index (χ3v) is 2.92. The molecule has 1 rings (SSSR count). The molecular weight excluding hydrogens is 283 g/mol. The zero-order valence-electron chi connectivity index (χ0n) is 12.0. The Morgan fingerprint density at radius 3 is 2.67 bits per heavy atom. The number of nitro groups is 1. The van der Waals surface area contributed by atoms with Gasteiger partial charge >= 0.3 is 5.97 Å². The normalized spacial score (nSPS) is 13.3. The van der Waals surface area contributed by atoms with Crippen LogP contribution in [0.2, 0.25) is 0 Å². The lowest BCUT2D eigenvalue weighted by atomic mass is 10.1. The number of nitrogens with one attached hydrogen (secondary N) is 1. The number of hydrogen-bond donors (Lipinski definition) is 1. The number of nitro benzene ring substituents is 1. The first-order chi connectivity index (χ1) is 9.84. The summed E-state index contributed by atoms with van der Waals surface area (Å²) >= 11 is 0. The molecule has 7 nitrogen and oxygen atoms in total. The molecule has 1 aromatic carbocycles. The van der Waals surface area contributed by atoms with E-state index < -0.39 is 22.2 Å². The van der Waals surface area contributed by atoms with Crippen LogP contribution in [-0.2, 0) is 9.53 Å². The molecule has 0 aliphatic rings. The summed E-state index contributed by atoms with van der Waals surface area (Å²) in [6.45, 7) is 3.25. The predicted octanol–water partition coefficient (Wildman–Crippen LogP) is 1.65. The fourth-order valence-corrected chi connectivity index (χ4v) is 1.47. The highest BCUT2D eigenvalue weighted by molar-refractivity contribution is 5.80. The first-order valence-corrected chi connectivity index (χ1v) is 6.27. The molecule has 0 aliphatic heterocycles. The van der Waals surface area contributed by atoms with Crippen molar-refractivity contribution in [3.63, 3.8) is 0 Å². The van der Waals surface area contributed by atoms with Gasteiger partial charge in [-0.3, -0.25) is 10.1 Å². The molecule has 1 aromatic rings. The van der Waals surface area contributed by atoms with Crippen molar-refractivity contribution in [1.29, 1.82) is 0 Å². The maximum absolute atomic E-state index is 13.7. The summed E-state index contributed by atoms with van der Waals surface area (Å²) in [6.07, 6.45) is 0. The monoisotopic (exact) mass is 300 g/mol. The van der Waals surface area contributed by atoms with E-state index in [1.165, 1.54) is 0 Å². The number of non-ortho nitro benzene ring substituents is 1. The minimum absolute atomic E-state index is 0.175. The van der Waals surface area contributed by atoms with Gasteiger partial charge in [0.2, 0.25) is 0 Å². The van der Waals surface area contributed by atoms with Gasteiger partial charge in [-0.25, -0.2) is 9.18 Å². The van der Waals surface area contributed by atoms with Crippen molar-refractivity contribution in [2.45, 2.75) is 19.4 Å². The molecule has 0 saturated heterocycles. The van der Waals surface area contributed by atoms with Gasteiger partial charge in [0.05, 0.1) is 17.6 Å². The Morgan fingerprint density at radius 2 is 2.19 bits per heavy atom. The molecule has 1 unspecified atom stereocenters. The van der Waals surface area contributed by atoms with Gasteiger partial charge in [0.15, 0.2) is 11.6 Å². The third kappa shape index (κ3) is 4.12. The van der Waals surface area contributed by atoms with Crippen molar-refractivity contribution >= 4 is 11.7 Å². The van der Waals surface area contributed by atoms with Crippen LogP contribution < -0.4 is 10.1 Å². The fourth-order valence-electron chi connectivity index (χ4n) is 1.47. The van der Waals surface area contributed by atoms with Gasteiger partial charge in [-0.1, -0.05) is 0 Å². The molecule has 1 N–H and O–H groups in total. The quantitative estimate of drug-likeness (QED) is 0.468. The van der Waals surface area contributed by atoms with Gasteiger partial charge in [-0.15, -0.1) is 0 Å². The van der Waals surface area contributed by atoms with Gasteiger partial charge in [-0.2, -0.15) is 0 Å². The Hall–Kier alpha value is -2.22. The van der Waals surface area contributed by atoms with Crippen LogP contribution in [-0.4, -0.2) is 36.7 Å². The van der Waals surface area contributed by atoms with E-state index in [4.69, 9.17) is 9.47 Å². The van der Waals surface area contributed by atoms with E-state index in [-0.39, 0.29) is 24.7 Å². The van der Waals surface area contributed by atoms with E-state index in [2.05, 4.69) is 5.32 Å². The Labute approximate surface area is 121 Å². The summed E-state index contributed by atoms with van der Waals surface area (Å²) in [5.41, 5.74) is -1.52. The van der Waals surface area contributed by atoms with E-state index in [0.717, 1.165) is 18.2 Å². The highest BCUT2D eigenvalue weighted by atomic mass is 19.1. The summed E-state index contributed by atoms with van der Waals surface area (Å²) in [5.74, 6) is -1.58. The lowest BCUT2D eigenvalue weighted by Gasteiger charge is -2.26. The van der Waals surface area contributed by atoms with E-state index in [1.54, 1.807) is 20.9 Å². The van der Waals surface area contributed by atoms with Crippen molar-refractivity contribution in [3.8, 4) is 5.75 Å². The molecule has 116 valence electrons. The number of nitrogens with zero attached hydrogens (tertiary/aromatic N) is 1. The summed E-state index contributed by atoms with van der Waals surface area (Å²) < 4.78 is 23.8. The van der Waals surface area contributed by atoms with Crippen molar-refractivity contribution in [1.82, 2.24) is 5.32 Å². The summed E-state index contributed by atoms with van der Waals surface area (Å²) in [7, 11) is 1.55. The zero-order valence-corrected chi connectivity index (χ0v) is 12.0. The number of likely N-dealkylation sites (N-methyl/N-ethyl adjacent to an activating group) is 1. The van der Waals surface area contributed by atoms with E-state index in [1.807, 2.05) is 0 Å². The van der Waals surface area contributed by atoms with Crippen LogP contribution in [0.1, 0.15) is 13.8 Å². The minimum Gasteiger partial charge on any atom is -0.488 e. The molecule has 1 atom stereocenters. The third-order valence-electron chi connectivity index (χ3n) is 2.92. The first kappa shape index (κ1) is 16.8. The van der Waals surface area contributed by atoms with Crippen LogP contribution in [0.15, 0.2) is 18.2 Å². The fraction of sp³-hybridized carbons (Fsp3) is 0.462. The van der Waals surface area contributed by atoms with Crippen LogP contribution in [0.4, 0.5) is 10.1 Å². The average Bonchev–Trinajstić information content (AvgIpc) is 2.45. The second kappa shape index (κ2) is 6.98.